The van der Waals surface area contributed by atoms with Crippen molar-refractivity contribution in [1.29, 1.82) is 0 Å². The Morgan fingerprint density at radius 1 is 1.37 bits per heavy atom. The number of nitrogens with two attached hydrogens (primary N) is 1. The monoisotopic (exact) mass is 263 g/mol. The summed E-state index contributed by atoms with van der Waals surface area (Å²) in [5.74, 6) is -2.49. The molecular weight excluding hydrogens is 252 g/mol. The van der Waals surface area contributed by atoms with Gasteiger partial charge in [0.15, 0.2) is 5.82 Å². The van der Waals surface area contributed by atoms with Gasteiger partial charge in [0.1, 0.15) is 5.82 Å². The third-order valence-corrected chi connectivity index (χ3v) is 2.60. The second-order valence-electron chi connectivity index (χ2n) is 4.00. The van der Waals surface area contributed by atoms with E-state index in [0.29, 0.717) is 5.69 Å². The van der Waals surface area contributed by atoms with Crippen LogP contribution in [0, 0.1) is 18.6 Å². The summed E-state index contributed by atoms with van der Waals surface area (Å²) in [6.45, 7) is 1.76. The second-order valence-corrected chi connectivity index (χ2v) is 4.00. The normalized spacial score (nSPS) is 10.3. The van der Waals surface area contributed by atoms with Crippen molar-refractivity contribution in [3.63, 3.8) is 0 Å². The van der Waals surface area contributed by atoms with Crippen molar-refractivity contribution in [2.75, 3.05) is 11.1 Å². The Labute approximate surface area is 108 Å². The van der Waals surface area contributed by atoms with Gasteiger partial charge in [-0.25, -0.2) is 8.78 Å². The van der Waals surface area contributed by atoms with E-state index in [0.717, 1.165) is 17.7 Å². The van der Waals surface area contributed by atoms with Crippen molar-refractivity contribution in [2.24, 2.45) is 0 Å². The molecule has 1 amide bonds. The van der Waals surface area contributed by atoms with Gasteiger partial charge in [-0.1, -0.05) is 0 Å². The Kier molecular flexibility index (Phi) is 3.41. The van der Waals surface area contributed by atoms with Gasteiger partial charge in [0.2, 0.25) is 0 Å². The van der Waals surface area contributed by atoms with Gasteiger partial charge in [-0.3, -0.25) is 9.78 Å². The molecule has 2 rings (SSSR count). The van der Waals surface area contributed by atoms with Gasteiger partial charge in [-0.15, -0.1) is 0 Å². The van der Waals surface area contributed by atoms with Gasteiger partial charge in [0, 0.05) is 6.20 Å². The van der Waals surface area contributed by atoms with Crippen LogP contribution in [0.15, 0.2) is 30.6 Å². The van der Waals surface area contributed by atoms with Crippen LogP contribution in [0.3, 0.4) is 0 Å². The van der Waals surface area contributed by atoms with E-state index in [-0.39, 0.29) is 0 Å². The number of anilines is 2. The fourth-order valence-corrected chi connectivity index (χ4v) is 1.56. The lowest BCUT2D eigenvalue weighted by Gasteiger charge is -2.09. The molecule has 0 bridgehead atoms. The third kappa shape index (κ3) is 2.67. The van der Waals surface area contributed by atoms with Crippen molar-refractivity contribution in [3.8, 4) is 0 Å². The number of rotatable bonds is 2. The van der Waals surface area contributed by atoms with E-state index in [2.05, 4.69) is 10.3 Å². The molecule has 1 aromatic heterocycles. The summed E-state index contributed by atoms with van der Waals surface area (Å²) in [6, 6.07) is 3.31. The topological polar surface area (TPSA) is 68.0 Å². The van der Waals surface area contributed by atoms with Crippen LogP contribution in [0.25, 0.3) is 0 Å². The zero-order valence-electron chi connectivity index (χ0n) is 10.1. The first-order valence-corrected chi connectivity index (χ1v) is 5.45. The van der Waals surface area contributed by atoms with Crippen LogP contribution < -0.4 is 11.1 Å². The van der Waals surface area contributed by atoms with Crippen LogP contribution in [0.4, 0.5) is 20.2 Å². The van der Waals surface area contributed by atoms with Crippen molar-refractivity contribution in [3.05, 3.63) is 53.4 Å². The quantitative estimate of drug-likeness (QED) is 0.818. The molecule has 0 fully saturated rings. The lowest BCUT2D eigenvalue weighted by atomic mass is 10.1. The van der Waals surface area contributed by atoms with E-state index >= 15 is 0 Å². The molecule has 1 heterocycles. The Morgan fingerprint density at radius 2 is 2.11 bits per heavy atom. The number of aromatic nitrogens is 1. The van der Waals surface area contributed by atoms with Crippen LogP contribution in [0.2, 0.25) is 0 Å². The molecule has 0 atom stereocenters. The average molecular weight is 263 g/mol. The smallest absolute Gasteiger partial charge is 0.258 e. The number of carbonyl (C=O) groups excluding carboxylic acids is 1. The van der Waals surface area contributed by atoms with E-state index in [1.165, 1.54) is 6.20 Å². The Balaban J connectivity index is 2.33. The van der Waals surface area contributed by atoms with Gasteiger partial charge < -0.3 is 11.1 Å². The molecule has 6 heteroatoms. The van der Waals surface area contributed by atoms with Crippen molar-refractivity contribution in [1.82, 2.24) is 4.98 Å². The number of nitrogen functional groups attached to an aromatic ring is 1. The molecule has 0 saturated carbocycles. The van der Waals surface area contributed by atoms with Gasteiger partial charge >= 0.3 is 0 Å². The van der Waals surface area contributed by atoms with Gasteiger partial charge in [-0.2, -0.15) is 0 Å². The lowest BCUT2D eigenvalue weighted by Crippen LogP contribution is -2.16. The predicted molar refractivity (Wildman–Crippen MR) is 67.7 cm³/mol. The van der Waals surface area contributed by atoms with Crippen molar-refractivity contribution in [2.45, 2.75) is 6.92 Å². The summed E-state index contributed by atoms with van der Waals surface area (Å²) in [5.41, 5.74) is 5.61. The summed E-state index contributed by atoms with van der Waals surface area (Å²) >= 11 is 0. The highest BCUT2D eigenvalue weighted by Crippen LogP contribution is 2.19. The van der Waals surface area contributed by atoms with E-state index in [1.807, 2.05) is 0 Å². The first-order valence-electron chi connectivity index (χ1n) is 5.45. The number of aryl methyl sites for hydroxylation is 1. The summed E-state index contributed by atoms with van der Waals surface area (Å²) in [5, 5.41) is 2.46. The van der Waals surface area contributed by atoms with Crippen LogP contribution >= 0.6 is 0 Å². The van der Waals surface area contributed by atoms with E-state index in [9.17, 15) is 13.6 Å². The van der Waals surface area contributed by atoms with E-state index < -0.39 is 28.8 Å². The number of benzene rings is 1. The molecule has 0 aliphatic carbocycles. The minimum atomic E-state index is -0.944. The van der Waals surface area contributed by atoms with Crippen LogP contribution in [0.1, 0.15) is 15.9 Å². The zero-order chi connectivity index (χ0) is 14.0. The average Bonchev–Trinajstić information content (AvgIpc) is 2.36. The number of amides is 1. The second kappa shape index (κ2) is 5.01. The largest absolute Gasteiger partial charge is 0.396 e. The molecule has 0 unspecified atom stereocenters. The van der Waals surface area contributed by atoms with Gasteiger partial charge in [-0.05, 0) is 30.7 Å². The number of halogens is 2. The molecule has 3 N–H and O–H groups in total. The maximum absolute atomic E-state index is 13.7. The number of carbonyl (C=O) groups is 1. The minimum absolute atomic E-state index is 0.409. The van der Waals surface area contributed by atoms with Crippen LogP contribution in [-0.2, 0) is 0 Å². The molecule has 0 aliphatic heterocycles. The van der Waals surface area contributed by atoms with Gasteiger partial charge in [0.05, 0.1) is 23.1 Å². The standard InChI is InChI=1S/C13H11F2N3O/c1-7-2-3-17-6-11(7)18-13(19)9-4-8(14)5-10(16)12(9)15/h2-6H,16H2,1H3,(H,18,19). The highest BCUT2D eigenvalue weighted by Gasteiger charge is 2.16. The Morgan fingerprint density at radius 3 is 2.79 bits per heavy atom. The summed E-state index contributed by atoms with van der Waals surface area (Å²) in [7, 11) is 0. The fourth-order valence-electron chi connectivity index (χ4n) is 1.56. The number of hydrogen-bond acceptors (Lipinski definition) is 3. The highest BCUT2D eigenvalue weighted by molar-refractivity contribution is 6.05. The fraction of sp³-hybridized carbons (Fsp3) is 0.0769. The molecular formula is C13H11F2N3O. The van der Waals surface area contributed by atoms with E-state index in [4.69, 9.17) is 5.73 Å². The number of hydrogen-bond donors (Lipinski definition) is 2. The lowest BCUT2D eigenvalue weighted by molar-refractivity contribution is 0.102. The maximum atomic E-state index is 13.7. The van der Waals surface area contributed by atoms with E-state index in [1.54, 1.807) is 19.2 Å². The first kappa shape index (κ1) is 12.9. The number of pyridine rings is 1. The highest BCUT2D eigenvalue weighted by atomic mass is 19.1. The summed E-state index contributed by atoms with van der Waals surface area (Å²) in [6.07, 6.45) is 2.99. The first-order chi connectivity index (χ1) is 8.99. The molecule has 2 aromatic rings. The summed E-state index contributed by atoms with van der Waals surface area (Å²) in [4.78, 5) is 15.7. The van der Waals surface area contributed by atoms with Crippen LogP contribution in [-0.4, -0.2) is 10.9 Å². The SMILES string of the molecule is Cc1ccncc1NC(=O)c1cc(F)cc(N)c1F. The summed E-state index contributed by atoms with van der Waals surface area (Å²) < 4.78 is 26.8. The predicted octanol–water partition coefficient (Wildman–Crippen LogP) is 2.50. The maximum Gasteiger partial charge on any atom is 0.258 e. The molecule has 0 spiro atoms. The van der Waals surface area contributed by atoms with Crippen molar-refractivity contribution >= 4 is 17.3 Å². The Hall–Kier alpha value is -2.50. The molecule has 4 nitrogen and oxygen atoms in total. The number of nitrogens with zero attached hydrogens (tertiary/aromatic N) is 1. The van der Waals surface area contributed by atoms with Crippen LogP contribution in [0.5, 0.6) is 0 Å². The molecule has 98 valence electrons. The zero-order valence-corrected chi connectivity index (χ0v) is 10.1. The molecule has 0 saturated heterocycles. The minimum Gasteiger partial charge on any atom is -0.396 e. The third-order valence-electron chi connectivity index (χ3n) is 2.60. The Bertz CT molecular complexity index is 644. The molecule has 1 aromatic carbocycles. The molecule has 0 radical (unpaired) electrons. The molecule has 19 heavy (non-hydrogen) atoms. The molecule has 0 aliphatic rings. The number of nitrogens with one attached hydrogen (secondary N) is 1. The van der Waals surface area contributed by atoms with Crippen molar-refractivity contribution < 1.29 is 13.6 Å². The van der Waals surface area contributed by atoms with Gasteiger partial charge in [0.25, 0.3) is 5.91 Å².